The molecule has 1 aromatic carbocycles. The van der Waals surface area contributed by atoms with Crippen molar-refractivity contribution < 1.29 is 9.90 Å². The van der Waals surface area contributed by atoms with Crippen molar-refractivity contribution in [3.63, 3.8) is 0 Å². The summed E-state index contributed by atoms with van der Waals surface area (Å²) >= 11 is 6.12. The second-order valence-corrected chi connectivity index (χ2v) is 4.97. The van der Waals surface area contributed by atoms with Crippen LogP contribution in [0.4, 0.5) is 11.4 Å². The normalized spacial score (nSPS) is 10.4. The van der Waals surface area contributed by atoms with E-state index < -0.39 is 5.97 Å². The van der Waals surface area contributed by atoms with Gasteiger partial charge in [0.1, 0.15) is 0 Å². The van der Waals surface area contributed by atoms with Crippen LogP contribution in [0.5, 0.6) is 0 Å². The van der Waals surface area contributed by atoms with Crippen LogP contribution in [0.3, 0.4) is 0 Å². The summed E-state index contributed by atoms with van der Waals surface area (Å²) in [7, 11) is 0. The largest absolute Gasteiger partial charge is 0.478 e. The second kappa shape index (κ2) is 6.45. The molecule has 110 valence electrons. The number of aromatic carboxylic acids is 1. The van der Waals surface area contributed by atoms with Crippen LogP contribution in [-0.2, 0) is 6.54 Å². The number of carbonyl (C=O) groups is 1. The van der Waals surface area contributed by atoms with Crippen molar-refractivity contribution in [3.8, 4) is 0 Å². The van der Waals surface area contributed by atoms with Crippen LogP contribution in [0.15, 0.2) is 36.7 Å². The number of rotatable bonds is 5. The number of nitrogens with zero attached hydrogens (tertiary/aromatic N) is 2. The van der Waals surface area contributed by atoms with Crippen LogP contribution < -0.4 is 10.6 Å². The molecule has 2 aromatic rings. The zero-order valence-electron chi connectivity index (χ0n) is 11.6. The molecule has 6 heteroatoms. The number of nitrogen functional groups attached to an aromatic ring is 1. The molecule has 2 rings (SSSR count). The summed E-state index contributed by atoms with van der Waals surface area (Å²) in [5.41, 5.74) is 8.31. The Balaban J connectivity index is 2.30. The molecule has 0 bridgehead atoms. The molecule has 0 saturated heterocycles. The molecule has 0 fully saturated rings. The lowest BCUT2D eigenvalue weighted by molar-refractivity contribution is 0.0697. The van der Waals surface area contributed by atoms with Gasteiger partial charge in [-0.15, -0.1) is 0 Å². The van der Waals surface area contributed by atoms with Gasteiger partial charge in [0.25, 0.3) is 0 Å². The van der Waals surface area contributed by atoms with Gasteiger partial charge in [-0.05, 0) is 36.8 Å². The molecule has 21 heavy (non-hydrogen) atoms. The predicted octanol–water partition coefficient (Wildman–Crippen LogP) is 3.04. The highest BCUT2D eigenvalue weighted by atomic mass is 35.5. The van der Waals surface area contributed by atoms with Crippen molar-refractivity contribution in [2.75, 3.05) is 17.2 Å². The number of carboxylic acids is 1. The molecule has 0 aliphatic carbocycles. The van der Waals surface area contributed by atoms with Crippen LogP contribution in [0, 0.1) is 0 Å². The number of pyridine rings is 1. The van der Waals surface area contributed by atoms with E-state index in [9.17, 15) is 4.79 Å². The fourth-order valence-corrected chi connectivity index (χ4v) is 2.26. The van der Waals surface area contributed by atoms with Crippen molar-refractivity contribution in [1.82, 2.24) is 4.98 Å². The van der Waals surface area contributed by atoms with Gasteiger partial charge in [0, 0.05) is 25.5 Å². The number of benzene rings is 1. The average molecular weight is 306 g/mol. The zero-order valence-corrected chi connectivity index (χ0v) is 12.3. The average Bonchev–Trinajstić information content (AvgIpc) is 2.47. The van der Waals surface area contributed by atoms with Gasteiger partial charge in [0.15, 0.2) is 0 Å². The number of anilines is 2. The Morgan fingerprint density at radius 2 is 2.19 bits per heavy atom. The summed E-state index contributed by atoms with van der Waals surface area (Å²) in [4.78, 5) is 16.9. The van der Waals surface area contributed by atoms with Gasteiger partial charge in [-0.3, -0.25) is 4.98 Å². The molecule has 0 aliphatic heterocycles. The smallest absolute Gasteiger partial charge is 0.335 e. The van der Waals surface area contributed by atoms with E-state index in [4.69, 9.17) is 22.4 Å². The molecule has 0 radical (unpaired) electrons. The quantitative estimate of drug-likeness (QED) is 0.830. The topological polar surface area (TPSA) is 79.5 Å². The highest BCUT2D eigenvalue weighted by molar-refractivity contribution is 6.31. The standard InChI is InChI=1S/C15H16ClN3O2/c1-2-19(9-11-5-6-18-8-12(11)16)14-4-3-10(15(20)21)7-13(14)17/h3-8H,2,9,17H2,1H3,(H,20,21). The Labute approximate surface area is 128 Å². The number of hydrogen-bond donors (Lipinski definition) is 2. The number of halogens is 1. The maximum atomic E-state index is 10.9. The fourth-order valence-electron chi connectivity index (χ4n) is 2.08. The lowest BCUT2D eigenvalue weighted by atomic mass is 10.1. The maximum Gasteiger partial charge on any atom is 0.335 e. The number of carboxylic acid groups (broad SMARTS) is 1. The first-order valence-corrected chi connectivity index (χ1v) is 6.87. The molecule has 0 atom stereocenters. The molecule has 1 heterocycles. The first-order valence-electron chi connectivity index (χ1n) is 6.49. The van der Waals surface area contributed by atoms with Crippen molar-refractivity contribution in [1.29, 1.82) is 0 Å². The van der Waals surface area contributed by atoms with E-state index in [2.05, 4.69) is 4.98 Å². The summed E-state index contributed by atoms with van der Waals surface area (Å²) in [5, 5.41) is 9.57. The van der Waals surface area contributed by atoms with Crippen molar-refractivity contribution >= 4 is 28.9 Å². The summed E-state index contributed by atoms with van der Waals surface area (Å²) < 4.78 is 0. The molecule has 0 amide bonds. The SMILES string of the molecule is CCN(Cc1ccncc1Cl)c1ccc(C(=O)O)cc1N. The van der Waals surface area contributed by atoms with E-state index in [1.807, 2.05) is 17.9 Å². The first kappa shape index (κ1) is 15.1. The molecular formula is C15H16ClN3O2. The molecular weight excluding hydrogens is 290 g/mol. The fraction of sp³-hybridized carbons (Fsp3) is 0.200. The lowest BCUT2D eigenvalue weighted by Crippen LogP contribution is -2.23. The van der Waals surface area contributed by atoms with E-state index >= 15 is 0 Å². The molecule has 1 aromatic heterocycles. The van der Waals surface area contributed by atoms with Crippen LogP contribution >= 0.6 is 11.6 Å². The van der Waals surface area contributed by atoms with Crippen molar-refractivity contribution in [3.05, 3.63) is 52.8 Å². The highest BCUT2D eigenvalue weighted by Crippen LogP contribution is 2.27. The Hall–Kier alpha value is -2.27. The molecule has 3 N–H and O–H groups in total. The first-order chi connectivity index (χ1) is 10.0. The van der Waals surface area contributed by atoms with Gasteiger partial charge in [-0.1, -0.05) is 11.6 Å². The Bertz CT molecular complexity index is 661. The Morgan fingerprint density at radius 3 is 2.76 bits per heavy atom. The van der Waals surface area contributed by atoms with Crippen molar-refractivity contribution in [2.24, 2.45) is 0 Å². The van der Waals surface area contributed by atoms with E-state index in [1.54, 1.807) is 24.5 Å². The van der Waals surface area contributed by atoms with Gasteiger partial charge < -0.3 is 15.7 Å². The minimum absolute atomic E-state index is 0.175. The second-order valence-electron chi connectivity index (χ2n) is 4.56. The zero-order chi connectivity index (χ0) is 15.4. The summed E-state index contributed by atoms with van der Waals surface area (Å²) in [6, 6.07) is 6.59. The number of aromatic nitrogens is 1. The third-order valence-electron chi connectivity index (χ3n) is 3.21. The number of hydrogen-bond acceptors (Lipinski definition) is 4. The molecule has 5 nitrogen and oxygen atoms in total. The van der Waals surface area contributed by atoms with E-state index in [1.165, 1.54) is 6.07 Å². The van der Waals surface area contributed by atoms with Gasteiger partial charge in [-0.2, -0.15) is 0 Å². The third kappa shape index (κ3) is 3.44. The summed E-state index contributed by atoms with van der Waals surface area (Å²) in [6.45, 7) is 3.30. The minimum Gasteiger partial charge on any atom is -0.478 e. The van der Waals surface area contributed by atoms with Crippen LogP contribution in [0.2, 0.25) is 5.02 Å². The van der Waals surface area contributed by atoms with Crippen LogP contribution in [0.25, 0.3) is 0 Å². The molecule has 0 aliphatic rings. The molecule has 0 spiro atoms. The van der Waals surface area contributed by atoms with E-state index in [0.717, 1.165) is 17.8 Å². The third-order valence-corrected chi connectivity index (χ3v) is 3.55. The van der Waals surface area contributed by atoms with Crippen LogP contribution in [0.1, 0.15) is 22.8 Å². The summed E-state index contributed by atoms with van der Waals surface area (Å²) in [5.74, 6) is -0.992. The maximum absolute atomic E-state index is 10.9. The van der Waals surface area contributed by atoms with E-state index in [0.29, 0.717) is 17.3 Å². The molecule has 0 unspecified atom stereocenters. The Kier molecular flexibility index (Phi) is 4.65. The Morgan fingerprint density at radius 1 is 1.43 bits per heavy atom. The van der Waals surface area contributed by atoms with E-state index in [-0.39, 0.29) is 5.56 Å². The van der Waals surface area contributed by atoms with Gasteiger partial charge >= 0.3 is 5.97 Å². The lowest BCUT2D eigenvalue weighted by Gasteiger charge is -2.25. The minimum atomic E-state index is -0.992. The van der Waals surface area contributed by atoms with Gasteiger partial charge in [0.2, 0.25) is 0 Å². The number of nitrogens with two attached hydrogens (primary N) is 1. The monoisotopic (exact) mass is 305 g/mol. The summed E-state index contributed by atoms with van der Waals surface area (Å²) in [6.07, 6.45) is 3.29. The molecule has 0 saturated carbocycles. The predicted molar refractivity (Wildman–Crippen MR) is 83.8 cm³/mol. The van der Waals surface area contributed by atoms with Gasteiger partial charge in [0.05, 0.1) is 22.0 Å². The van der Waals surface area contributed by atoms with Gasteiger partial charge in [-0.25, -0.2) is 4.79 Å². The van der Waals surface area contributed by atoms with Crippen molar-refractivity contribution in [2.45, 2.75) is 13.5 Å². The highest BCUT2D eigenvalue weighted by Gasteiger charge is 2.13. The van der Waals surface area contributed by atoms with Crippen LogP contribution in [-0.4, -0.2) is 22.6 Å².